The van der Waals surface area contributed by atoms with Crippen LogP contribution in [0, 0.1) is 5.82 Å². The Labute approximate surface area is 126 Å². The number of rotatable bonds is 4. The Bertz CT molecular complexity index is 581. The molecule has 0 saturated carbocycles. The number of benzene rings is 2. The van der Waals surface area contributed by atoms with Crippen LogP contribution in [0.5, 0.6) is 0 Å². The highest BCUT2D eigenvalue weighted by Crippen LogP contribution is 2.25. The molecule has 0 aliphatic heterocycles. The fraction of sp³-hybridized carbons (Fsp3) is 0.368. The van der Waals surface area contributed by atoms with E-state index in [1.54, 1.807) is 6.07 Å². The summed E-state index contributed by atoms with van der Waals surface area (Å²) in [5.74, 6) is -0.324. The van der Waals surface area contributed by atoms with Gasteiger partial charge in [0.05, 0.1) is 6.61 Å². The Kier molecular flexibility index (Phi) is 4.79. The zero-order valence-electron chi connectivity index (χ0n) is 12.9. The van der Waals surface area contributed by atoms with Crippen LogP contribution in [-0.2, 0) is 11.8 Å². The van der Waals surface area contributed by atoms with Crippen LogP contribution in [0.15, 0.2) is 48.5 Å². The van der Waals surface area contributed by atoms with Gasteiger partial charge in [-0.2, -0.15) is 0 Å². The van der Waals surface area contributed by atoms with Crippen molar-refractivity contribution in [3.05, 3.63) is 71.0 Å². The molecule has 0 aliphatic carbocycles. The highest BCUT2D eigenvalue weighted by molar-refractivity contribution is 5.30. The third kappa shape index (κ3) is 4.15. The van der Waals surface area contributed by atoms with E-state index in [0.29, 0.717) is 6.42 Å². The molecule has 112 valence electrons. The van der Waals surface area contributed by atoms with Gasteiger partial charge in [-0.3, -0.25) is 0 Å². The van der Waals surface area contributed by atoms with Crippen molar-refractivity contribution in [2.45, 2.75) is 38.5 Å². The monoisotopic (exact) mass is 286 g/mol. The molecule has 0 radical (unpaired) electrons. The van der Waals surface area contributed by atoms with Gasteiger partial charge in [0.2, 0.25) is 0 Å². The van der Waals surface area contributed by atoms with Gasteiger partial charge in [0.25, 0.3) is 0 Å². The number of halogens is 1. The van der Waals surface area contributed by atoms with Gasteiger partial charge in [-0.1, -0.05) is 57.2 Å². The van der Waals surface area contributed by atoms with Crippen molar-refractivity contribution in [1.82, 2.24) is 0 Å². The first kappa shape index (κ1) is 15.7. The lowest BCUT2D eigenvalue weighted by Gasteiger charge is -2.20. The summed E-state index contributed by atoms with van der Waals surface area (Å²) in [6, 6.07) is 15.0. The maximum absolute atomic E-state index is 13.3. The summed E-state index contributed by atoms with van der Waals surface area (Å²) in [6.07, 6.45) is 0.713. The van der Waals surface area contributed by atoms with Gasteiger partial charge < -0.3 is 5.11 Å². The van der Waals surface area contributed by atoms with Crippen LogP contribution in [0.4, 0.5) is 4.39 Å². The van der Waals surface area contributed by atoms with Gasteiger partial charge in [0, 0.05) is 5.92 Å². The lowest BCUT2D eigenvalue weighted by Crippen LogP contribution is -2.11. The Hall–Kier alpha value is -1.67. The van der Waals surface area contributed by atoms with E-state index in [9.17, 15) is 9.50 Å². The second-order valence-corrected chi connectivity index (χ2v) is 6.59. The van der Waals surface area contributed by atoms with Crippen molar-refractivity contribution >= 4 is 0 Å². The standard InChI is InChI=1S/C19H23FO/c1-19(2,3)17-9-7-14(8-10-17)11-16(13-21)15-5-4-6-18(20)12-15/h4-10,12,16,21H,11,13H2,1-3H3. The van der Waals surface area contributed by atoms with Crippen molar-refractivity contribution in [3.63, 3.8) is 0 Å². The summed E-state index contributed by atoms with van der Waals surface area (Å²) in [4.78, 5) is 0. The Morgan fingerprint density at radius 3 is 2.24 bits per heavy atom. The van der Waals surface area contributed by atoms with Crippen LogP contribution >= 0.6 is 0 Å². The van der Waals surface area contributed by atoms with Gasteiger partial charge in [-0.25, -0.2) is 4.39 Å². The van der Waals surface area contributed by atoms with E-state index in [1.807, 2.05) is 6.07 Å². The number of hydrogen-bond donors (Lipinski definition) is 1. The molecule has 2 rings (SSSR count). The highest BCUT2D eigenvalue weighted by Gasteiger charge is 2.15. The summed E-state index contributed by atoms with van der Waals surface area (Å²) in [5, 5.41) is 9.59. The summed E-state index contributed by atoms with van der Waals surface area (Å²) >= 11 is 0. The molecule has 0 bridgehead atoms. The zero-order valence-corrected chi connectivity index (χ0v) is 12.9. The van der Waals surface area contributed by atoms with Crippen LogP contribution in [0.25, 0.3) is 0 Å². The van der Waals surface area contributed by atoms with Crippen molar-refractivity contribution in [3.8, 4) is 0 Å². The van der Waals surface area contributed by atoms with Crippen LogP contribution in [0.1, 0.15) is 43.4 Å². The van der Waals surface area contributed by atoms with E-state index >= 15 is 0 Å². The molecule has 0 spiro atoms. The molecule has 1 unspecified atom stereocenters. The third-order valence-electron chi connectivity index (χ3n) is 3.84. The van der Waals surface area contributed by atoms with Crippen LogP contribution < -0.4 is 0 Å². The quantitative estimate of drug-likeness (QED) is 0.881. The minimum atomic E-state index is -0.256. The molecule has 0 aromatic heterocycles. The number of aliphatic hydroxyl groups is 1. The maximum Gasteiger partial charge on any atom is 0.123 e. The van der Waals surface area contributed by atoms with E-state index in [0.717, 1.165) is 11.1 Å². The van der Waals surface area contributed by atoms with E-state index in [-0.39, 0.29) is 23.8 Å². The molecule has 0 amide bonds. The smallest absolute Gasteiger partial charge is 0.123 e. The summed E-state index contributed by atoms with van der Waals surface area (Å²) in [6.45, 7) is 6.58. The molecule has 2 heteroatoms. The molecule has 0 saturated heterocycles. The normalized spacial score (nSPS) is 13.2. The average molecular weight is 286 g/mol. The SMILES string of the molecule is CC(C)(C)c1ccc(CC(CO)c2cccc(F)c2)cc1. The van der Waals surface area contributed by atoms with Gasteiger partial charge in [-0.15, -0.1) is 0 Å². The van der Waals surface area contributed by atoms with Gasteiger partial charge in [0.1, 0.15) is 5.82 Å². The first-order valence-corrected chi connectivity index (χ1v) is 7.36. The Balaban J connectivity index is 2.15. The maximum atomic E-state index is 13.3. The lowest BCUT2D eigenvalue weighted by molar-refractivity contribution is 0.264. The molecule has 21 heavy (non-hydrogen) atoms. The summed E-state index contributed by atoms with van der Waals surface area (Å²) < 4.78 is 13.3. The van der Waals surface area contributed by atoms with Crippen molar-refractivity contribution in [1.29, 1.82) is 0 Å². The largest absolute Gasteiger partial charge is 0.396 e. The molecule has 0 fully saturated rings. The fourth-order valence-corrected chi connectivity index (χ4v) is 2.47. The van der Waals surface area contributed by atoms with Crippen LogP contribution in [-0.4, -0.2) is 11.7 Å². The average Bonchev–Trinajstić information content (AvgIpc) is 2.44. The third-order valence-corrected chi connectivity index (χ3v) is 3.84. The zero-order chi connectivity index (χ0) is 15.5. The van der Waals surface area contributed by atoms with Crippen molar-refractivity contribution in [2.75, 3.05) is 6.61 Å². The van der Waals surface area contributed by atoms with Crippen LogP contribution in [0.3, 0.4) is 0 Å². The molecule has 0 heterocycles. The van der Waals surface area contributed by atoms with Gasteiger partial charge in [0.15, 0.2) is 0 Å². The van der Waals surface area contributed by atoms with E-state index in [1.165, 1.54) is 17.7 Å². The van der Waals surface area contributed by atoms with Gasteiger partial charge in [-0.05, 0) is 40.7 Å². The van der Waals surface area contributed by atoms with Gasteiger partial charge >= 0.3 is 0 Å². The fourth-order valence-electron chi connectivity index (χ4n) is 2.47. The summed E-state index contributed by atoms with van der Waals surface area (Å²) in [7, 11) is 0. The van der Waals surface area contributed by atoms with E-state index in [2.05, 4.69) is 45.0 Å². The van der Waals surface area contributed by atoms with Crippen molar-refractivity contribution in [2.24, 2.45) is 0 Å². The first-order chi connectivity index (χ1) is 9.90. The minimum Gasteiger partial charge on any atom is -0.396 e. The van der Waals surface area contributed by atoms with Crippen LogP contribution in [0.2, 0.25) is 0 Å². The molecular weight excluding hydrogens is 263 g/mol. The first-order valence-electron chi connectivity index (χ1n) is 7.36. The second-order valence-electron chi connectivity index (χ2n) is 6.59. The second kappa shape index (κ2) is 6.40. The Morgan fingerprint density at radius 1 is 1.05 bits per heavy atom. The molecule has 1 atom stereocenters. The summed E-state index contributed by atoms with van der Waals surface area (Å²) in [5.41, 5.74) is 3.43. The highest BCUT2D eigenvalue weighted by atomic mass is 19.1. The topological polar surface area (TPSA) is 20.2 Å². The predicted octanol–water partition coefficient (Wildman–Crippen LogP) is 4.44. The molecule has 2 aromatic carbocycles. The van der Waals surface area contributed by atoms with E-state index < -0.39 is 0 Å². The molecule has 1 nitrogen and oxygen atoms in total. The van der Waals surface area contributed by atoms with E-state index in [4.69, 9.17) is 0 Å². The molecule has 1 N–H and O–H groups in total. The number of hydrogen-bond acceptors (Lipinski definition) is 1. The van der Waals surface area contributed by atoms with Crippen molar-refractivity contribution < 1.29 is 9.50 Å². The predicted molar refractivity (Wildman–Crippen MR) is 85.1 cm³/mol. The number of aliphatic hydroxyl groups excluding tert-OH is 1. The lowest BCUT2D eigenvalue weighted by atomic mass is 9.85. The molecule has 2 aromatic rings. The Morgan fingerprint density at radius 2 is 1.71 bits per heavy atom. The molecule has 0 aliphatic rings. The molecular formula is C19H23FO. The minimum absolute atomic E-state index is 0.0183.